The number of benzene rings is 2. The maximum atomic E-state index is 12.6. The minimum Gasteiger partial charge on any atom is -0.406 e. The molecule has 170 valence electrons. The minimum atomic E-state index is -4.80. The number of halogens is 4. The van der Waals surface area contributed by atoms with E-state index in [2.05, 4.69) is 25.3 Å². The van der Waals surface area contributed by atoms with E-state index in [0.29, 0.717) is 27.8 Å². The normalized spacial score (nSPS) is 12.5. The van der Waals surface area contributed by atoms with Gasteiger partial charge in [0.05, 0.1) is 18.3 Å². The standard InChI is InChI=1S/C22H22ClF3N4O2/c1-13(2)19(12-31)29-21-28-18(14-5-3-8-17(9-14)32-22(24,25)26)11-20(30-21)27-16-7-4-6-15(23)10-16/h3-11,13,19,31H,12H2,1-2H3,(H2,27,28,29,30)/t19-/m1/s1. The van der Waals surface area contributed by atoms with Crippen LogP contribution in [0.25, 0.3) is 11.3 Å². The largest absolute Gasteiger partial charge is 0.573 e. The van der Waals surface area contributed by atoms with Crippen LogP contribution in [0.4, 0.5) is 30.6 Å². The molecule has 0 aliphatic carbocycles. The summed E-state index contributed by atoms with van der Waals surface area (Å²) in [6.07, 6.45) is -4.80. The number of hydrogen-bond donors (Lipinski definition) is 3. The number of aliphatic hydroxyl groups excluding tert-OH is 1. The molecule has 1 atom stereocenters. The molecule has 32 heavy (non-hydrogen) atoms. The van der Waals surface area contributed by atoms with E-state index in [1.807, 2.05) is 13.8 Å². The van der Waals surface area contributed by atoms with Crippen LogP contribution in [0.2, 0.25) is 5.02 Å². The summed E-state index contributed by atoms with van der Waals surface area (Å²) < 4.78 is 41.9. The Morgan fingerprint density at radius 1 is 1.06 bits per heavy atom. The third-order valence-corrected chi connectivity index (χ3v) is 4.74. The Balaban J connectivity index is 2.00. The molecule has 1 heterocycles. The van der Waals surface area contributed by atoms with Crippen LogP contribution in [-0.2, 0) is 0 Å². The zero-order valence-corrected chi connectivity index (χ0v) is 18.1. The summed E-state index contributed by atoms with van der Waals surface area (Å²) in [5.41, 5.74) is 1.43. The minimum absolute atomic E-state index is 0.0834. The third kappa shape index (κ3) is 6.73. The second kappa shape index (κ2) is 10.1. The molecule has 0 amide bonds. The van der Waals surface area contributed by atoms with Gasteiger partial charge in [0.25, 0.3) is 0 Å². The number of aliphatic hydroxyl groups is 1. The van der Waals surface area contributed by atoms with Crippen molar-refractivity contribution < 1.29 is 23.0 Å². The van der Waals surface area contributed by atoms with Gasteiger partial charge in [-0.1, -0.05) is 43.6 Å². The van der Waals surface area contributed by atoms with E-state index in [-0.39, 0.29) is 30.3 Å². The number of nitrogens with zero attached hydrogens (tertiary/aromatic N) is 2. The van der Waals surface area contributed by atoms with Crippen molar-refractivity contribution in [2.45, 2.75) is 26.3 Å². The van der Waals surface area contributed by atoms with Gasteiger partial charge in [-0.15, -0.1) is 13.2 Å². The first-order chi connectivity index (χ1) is 15.1. The van der Waals surface area contributed by atoms with E-state index in [1.165, 1.54) is 18.2 Å². The molecule has 0 unspecified atom stereocenters. The van der Waals surface area contributed by atoms with Gasteiger partial charge in [0.15, 0.2) is 0 Å². The Hall–Kier alpha value is -3.04. The monoisotopic (exact) mass is 466 g/mol. The molecule has 10 heteroatoms. The Morgan fingerprint density at radius 3 is 2.47 bits per heavy atom. The van der Waals surface area contributed by atoms with Gasteiger partial charge < -0.3 is 20.5 Å². The van der Waals surface area contributed by atoms with E-state index < -0.39 is 6.36 Å². The highest BCUT2D eigenvalue weighted by Crippen LogP contribution is 2.30. The molecule has 3 N–H and O–H groups in total. The molecule has 0 saturated carbocycles. The Labute approximate surface area is 188 Å². The zero-order chi connectivity index (χ0) is 23.3. The topological polar surface area (TPSA) is 79.3 Å². The van der Waals surface area contributed by atoms with Crippen molar-refractivity contribution in [1.82, 2.24) is 9.97 Å². The van der Waals surface area contributed by atoms with Gasteiger partial charge in [-0.3, -0.25) is 0 Å². The van der Waals surface area contributed by atoms with Gasteiger partial charge in [0.2, 0.25) is 5.95 Å². The van der Waals surface area contributed by atoms with Crippen LogP contribution in [0.3, 0.4) is 0 Å². The van der Waals surface area contributed by atoms with Crippen molar-refractivity contribution >= 4 is 29.1 Å². The molecular formula is C22H22ClF3N4O2. The highest BCUT2D eigenvalue weighted by molar-refractivity contribution is 6.30. The highest BCUT2D eigenvalue weighted by atomic mass is 35.5. The molecule has 6 nitrogen and oxygen atoms in total. The van der Waals surface area contributed by atoms with Crippen LogP contribution in [0, 0.1) is 5.92 Å². The van der Waals surface area contributed by atoms with Gasteiger partial charge in [-0.25, -0.2) is 4.98 Å². The molecule has 0 aliphatic heterocycles. The maximum absolute atomic E-state index is 12.6. The highest BCUT2D eigenvalue weighted by Gasteiger charge is 2.31. The summed E-state index contributed by atoms with van der Waals surface area (Å²) in [4.78, 5) is 8.87. The van der Waals surface area contributed by atoms with Crippen LogP contribution >= 0.6 is 11.6 Å². The van der Waals surface area contributed by atoms with E-state index in [0.717, 1.165) is 0 Å². The molecule has 0 aliphatic rings. The predicted molar refractivity (Wildman–Crippen MR) is 118 cm³/mol. The van der Waals surface area contributed by atoms with Crippen molar-refractivity contribution in [1.29, 1.82) is 0 Å². The fourth-order valence-electron chi connectivity index (χ4n) is 2.88. The van der Waals surface area contributed by atoms with Gasteiger partial charge in [0, 0.05) is 22.3 Å². The number of rotatable bonds is 8. The van der Waals surface area contributed by atoms with E-state index in [1.54, 1.807) is 36.4 Å². The van der Waals surface area contributed by atoms with Crippen molar-refractivity contribution in [2.24, 2.45) is 5.92 Å². The summed E-state index contributed by atoms with van der Waals surface area (Å²) in [6, 6.07) is 13.8. The summed E-state index contributed by atoms with van der Waals surface area (Å²) in [6.45, 7) is 3.72. The molecule has 3 rings (SSSR count). The molecule has 0 radical (unpaired) electrons. The molecule has 1 aromatic heterocycles. The summed E-state index contributed by atoms with van der Waals surface area (Å²) >= 11 is 6.04. The molecule has 0 bridgehead atoms. The Kier molecular flexibility index (Phi) is 7.42. The first-order valence-corrected chi connectivity index (χ1v) is 10.2. The lowest BCUT2D eigenvalue weighted by atomic mass is 10.1. The van der Waals surface area contributed by atoms with E-state index in [4.69, 9.17) is 11.6 Å². The maximum Gasteiger partial charge on any atom is 0.573 e. The zero-order valence-electron chi connectivity index (χ0n) is 17.3. The number of aromatic nitrogens is 2. The fraction of sp³-hybridized carbons (Fsp3) is 0.273. The van der Waals surface area contributed by atoms with Crippen LogP contribution in [0.5, 0.6) is 5.75 Å². The number of anilines is 3. The third-order valence-electron chi connectivity index (χ3n) is 4.50. The Bertz CT molecular complexity index is 1060. The number of ether oxygens (including phenoxy) is 1. The molecule has 0 fully saturated rings. The van der Waals surface area contributed by atoms with Crippen LogP contribution < -0.4 is 15.4 Å². The molecule has 2 aromatic carbocycles. The lowest BCUT2D eigenvalue weighted by Gasteiger charge is -2.21. The van der Waals surface area contributed by atoms with Gasteiger partial charge >= 0.3 is 6.36 Å². The van der Waals surface area contributed by atoms with Crippen molar-refractivity contribution in [3.8, 4) is 17.0 Å². The molecular weight excluding hydrogens is 445 g/mol. The number of hydrogen-bond acceptors (Lipinski definition) is 6. The van der Waals surface area contributed by atoms with Crippen molar-refractivity contribution in [3.05, 3.63) is 59.6 Å². The van der Waals surface area contributed by atoms with Gasteiger partial charge in [-0.2, -0.15) is 4.98 Å². The van der Waals surface area contributed by atoms with E-state index >= 15 is 0 Å². The smallest absolute Gasteiger partial charge is 0.406 e. The summed E-state index contributed by atoms with van der Waals surface area (Å²) in [7, 11) is 0. The lowest BCUT2D eigenvalue weighted by Crippen LogP contribution is -2.30. The Morgan fingerprint density at radius 2 is 1.81 bits per heavy atom. The lowest BCUT2D eigenvalue weighted by molar-refractivity contribution is -0.274. The van der Waals surface area contributed by atoms with Crippen molar-refractivity contribution in [2.75, 3.05) is 17.2 Å². The van der Waals surface area contributed by atoms with Crippen LogP contribution in [0.1, 0.15) is 13.8 Å². The average Bonchev–Trinajstić information content (AvgIpc) is 2.70. The molecule has 3 aromatic rings. The van der Waals surface area contributed by atoms with Gasteiger partial charge in [-0.05, 0) is 36.2 Å². The quantitative estimate of drug-likeness (QED) is 0.385. The summed E-state index contributed by atoms with van der Waals surface area (Å²) in [5, 5.41) is 16.4. The second-order valence-corrected chi connectivity index (χ2v) is 7.79. The van der Waals surface area contributed by atoms with Crippen LogP contribution in [0.15, 0.2) is 54.6 Å². The first-order valence-electron chi connectivity index (χ1n) is 9.78. The predicted octanol–water partition coefficient (Wildman–Crippen LogP) is 5.87. The fourth-order valence-corrected chi connectivity index (χ4v) is 3.07. The summed E-state index contributed by atoms with van der Waals surface area (Å²) in [5.74, 6) is 0.326. The number of alkyl halides is 3. The second-order valence-electron chi connectivity index (χ2n) is 7.35. The first kappa shape index (κ1) is 23.6. The van der Waals surface area contributed by atoms with Crippen LogP contribution in [-0.4, -0.2) is 34.1 Å². The van der Waals surface area contributed by atoms with Crippen molar-refractivity contribution in [3.63, 3.8) is 0 Å². The van der Waals surface area contributed by atoms with E-state index in [9.17, 15) is 18.3 Å². The average molecular weight is 467 g/mol. The SMILES string of the molecule is CC(C)[C@@H](CO)Nc1nc(Nc2cccc(Cl)c2)cc(-c2cccc(OC(F)(F)F)c2)n1. The molecule has 0 saturated heterocycles. The molecule has 0 spiro atoms. The number of nitrogens with one attached hydrogen (secondary N) is 2. The van der Waals surface area contributed by atoms with Gasteiger partial charge in [0.1, 0.15) is 11.6 Å².